The maximum Gasteiger partial charge on any atom is 0.356 e. The van der Waals surface area contributed by atoms with Crippen LogP contribution in [0.3, 0.4) is 0 Å². The third-order valence-electron chi connectivity index (χ3n) is 2.93. The number of carboxylic acid groups (broad SMARTS) is 1. The van der Waals surface area contributed by atoms with Gasteiger partial charge in [0.05, 0.1) is 0 Å². The Bertz CT molecular complexity index is 394. The summed E-state index contributed by atoms with van der Waals surface area (Å²) in [5, 5.41) is 16.4. The Kier molecular flexibility index (Phi) is 3.75. The van der Waals surface area contributed by atoms with E-state index in [1.807, 2.05) is 0 Å². The van der Waals surface area contributed by atoms with Crippen molar-refractivity contribution in [1.29, 1.82) is 0 Å². The molecular formula is C11H18N4O2. The average molecular weight is 238 g/mol. The summed E-state index contributed by atoms with van der Waals surface area (Å²) in [6.45, 7) is 4.62. The maximum absolute atomic E-state index is 11.0. The molecule has 1 aromatic rings. The zero-order valence-corrected chi connectivity index (χ0v) is 10.0. The minimum Gasteiger partial charge on any atom is -0.476 e. The van der Waals surface area contributed by atoms with Gasteiger partial charge in [0.15, 0.2) is 5.69 Å². The molecule has 2 heterocycles. The molecule has 17 heavy (non-hydrogen) atoms. The number of aryl methyl sites for hydroxylation is 1. The zero-order chi connectivity index (χ0) is 12.3. The van der Waals surface area contributed by atoms with Crippen molar-refractivity contribution in [2.24, 2.45) is 7.05 Å². The number of aromatic nitrogens is 2. The van der Waals surface area contributed by atoms with Gasteiger partial charge in [-0.2, -0.15) is 5.10 Å². The average Bonchev–Trinajstić information content (AvgIpc) is 2.50. The molecule has 0 saturated carbocycles. The molecule has 2 N–H and O–H groups in total. The fourth-order valence-electron chi connectivity index (χ4n) is 2.13. The second-order valence-corrected chi connectivity index (χ2v) is 4.36. The number of hydrogen-bond acceptors (Lipinski definition) is 4. The Morgan fingerprint density at radius 3 is 3.12 bits per heavy atom. The molecule has 0 unspecified atom stereocenters. The van der Waals surface area contributed by atoms with Gasteiger partial charge in [-0.3, -0.25) is 9.58 Å². The lowest BCUT2D eigenvalue weighted by Crippen LogP contribution is -2.28. The van der Waals surface area contributed by atoms with E-state index in [-0.39, 0.29) is 5.69 Å². The third kappa shape index (κ3) is 3.04. The number of aromatic carboxylic acids is 1. The summed E-state index contributed by atoms with van der Waals surface area (Å²) in [4.78, 5) is 13.3. The fraction of sp³-hybridized carbons (Fsp3) is 0.636. The summed E-state index contributed by atoms with van der Waals surface area (Å²) >= 11 is 0. The summed E-state index contributed by atoms with van der Waals surface area (Å²) in [7, 11) is 1.75. The number of nitrogens with one attached hydrogen (secondary N) is 1. The third-order valence-corrected chi connectivity index (χ3v) is 2.93. The normalized spacial score (nSPS) is 17.9. The molecule has 0 bridgehead atoms. The van der Waals surface area contributed by atoms with E-state index < -0.39 is 5.97 Å². The highest BCUT2D eigenvalue weighted by molar-refractivity contribution is 5.86. The van der Waals surface area contributed by atoms with Gasteiger partial charge in [0.2, 0.25) is 0 Å². The Morgan fingerprint density at radius 1 is 1.53 bits per heavy atom. The van der Waals surface area contributed by atoms with Gasteiger partial charge in [0, 0.05) is 38.4 Å². The van der Waals surface area contributed by atoms with E-state index in [4.69, 9.17) is 5.11 Å². The van der Waals surface area contributed by atoms with Crippen LogP contribution in [-0.4, -0.2) is 51.9 Å². The molecule has 94 valence electrons. The van der Waals surface area contributed by atoms with E-state index in [1.54, 1.807) is 17.9 Å². The quantitative estimate of drug-likeness (QED) is 0.770. The van der Waals surface area contributed by atoms with Gasteiger partial charge in [-0.25, -0.2) is 4.79 Å². The summed E-state index contributed by atoms with van der Waals surface area (Å²) in [6.07, 6.45) is 2.89. The van der Waals surface area contributed by atoms with Crippen LogP contribution in [0.4, 0.5) is 0 Å². The molecule has 6 heteroatoms. The first-order valence-corrected chi connectivity index (χ1v) is 5.85. The van der Waals surface area contributed by atoms with Crippen molar-refractivity contribution in [3.05, 3.63) is 17.5 Å². The Morgan fingerprint density at radius 2 is 2.35 bits per heavy atom. The van der Waals surface area contributed by atoms with Crippen molar-refractivity contribution < 1.29 is 9.90 Å². The minimum absolute atomic E-state index is 0.171. The lowest BCUT2D eigenvalue weighted by atomic mass is 10.2. The Hall–Kier alpha value is -1.40. The molecule has 0 amide bonds. The predicted molar refractivity (Wildman–Crippen MR) is 62.9 cm³/mol. The number of hydrogen-bond donors (Lipinski definition) is 2. The smallest absolute Gasteiger partial charge is 0.356 e. The molecule has 1 saturated heterocycles. The van der Waals surface area contributed by atoms with Gasteiger partial charge in [-0.05, 0) is 19.5 Å². The molecule has 0 aromatic carbocycles. The maximum atomic E-state index is 11.0. The molecule has 1 aliphatic heterocycles. The van der Waals surface area contributed by atoms with Crippen molar-refractivity contribution in [1.82, 2.24) is 20.0 Å². The van der Waals surface area contributed by atoms with Crippen LogP contribution in [0.2, 0.25) is 0 Å². The summed E-state index contributed by atoms with van der Waals surface area (Å²) in [6, 6.07) is 0. The van der Waals surface area contributed by atoms with E-state index >= 15 is 0 Å². The van der Waals surface area contributed by atoms with Crippen LogP contribution in [0.25, 0.3) is 0 Å². The van der Waals surface area contributed by atoms with Crippen molar-refractivity contribution >= 4 is 5.97 Å². The van der Waals surface area contributed by atoms with E-state index in [2.05, 4.69) is 15.3 Å². The van der Waals surface area contributed by atoms with Crippen LogP contribution < -0.4 is 5.32 Å². The van der Waals surface area contributed by atoms with Crippen molar-refractivity contribution in [3.63, 3.8) is 0 Å². The van der Waals surface area contributed by atoms with Crippen LogP contribution in [0.15, 0.2) is 6.20 Å². The van der Waals surface area contributed by atoms with Crippen LogP contribution >= 0.6 is 0 Å². The second kappa shape index (κ2) is 5.29. The van der Waals surface area contributed by atoms with Crippen molar-refractivity contribution in [3.8, 4) is 0 Å². The molecule has 1 aliphatic rings. The predicted octanol–water partition coefficient (Wildman–Crippen LogP) is -0.0864. The fourth-order valence-corrected chi connectivity index (χ4v) is 2.13. The molecule has 0 atom stereocenters. The highest BCUT2D eigenvalue weighted by atomic mass is 16.4. The topological polar surface area (TPSA) is 70.4 Å². The molecule has 1 fully saturated rings. The summed E-state index contributed by atoms with van der Waals surface area (Å²) in [5.74, 6) is -0.950. The lowest BCUT2D eigenvalue weighted by molar-refractivity contribution is 0.0687. The molecular weight excluding hydrogens is 220 g/mol. The molecule has 6 nitrogen and oxygen atoms in total. The minimum atomic E-state index is -0.950. The first-order chi connectivity index (χ1) is 8.16. The van der Waals surface area contributed by atoms with E-state index in [1.165, 1.54) is 0 Å². The van der Waals surface area contributed by atoms with Crippen molar-refractivity contribution in [2.75, 3.05) is 26.2 Å². The first kappa shape index (κ1) is 12.1. The van der Waals surface area contributed by atoms with Crippen LogP contribution in [-0.2, 0) is 13.6 Å². The van der Waals surface area contributed by atoms with E-state index in [0.717, 1.165) is 38.2 Å². The summed E-state index contributed by atoms with van der Waals surface area (Å²) in [5.41, 5.74) is 0.964. The summed E-state index contributed by atoms with van der Waals surface area (Å²) < 4.78 is 1.56. The van der Waals surface area contributed by atoms with Crippen LogP contribution in [0.5, 0.6) is 0 Å². The molecule has 0 radical (unpaired) electrons. The molecule has 2 rings (SSSR count). The zero-order valence-electron chi connectivity index (χ0n) is 10.0. The van der Waals surface area contributed by atoms with Crippen LogP contribution in [0.1, 0.15) is 22.5 Å². The first-order valence-electron chi connectivity index (χ1n) is 5.85. The Balaban J connectivity index is 2.08. The van der Waals surface area contributed by atoms with Gasteiger partial charge < -0.3 is 10.4 Å². The van der Waals surface area contributed by atoms with Gasteiger partial charge in [-0.15, -0.1) is 0 Å². The van der Waals surface area contributed by atoms with E-state index in [9.17, 15) is 4.79 Å². The number of nitrogens with zero attached hydrogens (tertiary/aromatic N) is 3. The standard InChI is InChI=1S/C11H18N4O2/c1-14-7-9(10(13-14)11(16)17)8-15-5-2-3-12-4-6-15/h7,12H,2-6,8H2,1H3,(H,16,17). The Labute approximate surface area is 100 Å². The van der Waals surface area contributed by atoms with Gasteiger partial charge >= 0.3 is 5.97 Å². The second-order valence-electron chi connectivity index (χ2n) is 4.36. The number of carboxylic acids is 1. The van der Waals surface area contributed by atoms with E-state index in [0.29, 0.717) is 6.54 Å². The molecule has 0 spiro atoms. The van der Waals surface area contributed by atoms with Gasteiger partial charge in [0.25, 0.3) is 0 Å². The molecule has 1 aromatic heterocycles. The SMILES string of the molecule is Cn1cc(CN2CCCNCC2)c(C(=O)O)n1. The molecule has 0 aliphatic carbocycles. The largest absolute Gasteiger partial charge is 0.476 e. The van der Waals surface area contributed by atoms with Gasteiger partial charge in [0.1, 0.15) is 0 Å². The van der Waals surface area contributed by atoms with Crippen LogP contribution in [0, 0.1) is 0 Å². The number of carbonyl (C=O) groups is 1. The highest BCUT2D eigenvalue weighted by Gasteiger charge is 2.18. The lowest BCUT2D eigenvalue weighted by Gasteiger charge is -2.18. The monoisotopic (exact) mass is 238 g/mol. The number of rotatable bonds is 3. The van der Waals surface area contributed by atoms with Crippen molar-refractivity contribution in [2.45, 2.75) is 13.0 Å². The highest BCUT2D eigenvalue weighted by Crippen LogP contribution is 2.11. The van der Waals surface area contributed by atoms with Gasteiger partial charge in [-0.1, -0.05) is 0 Å².